The SMILES string of the molecule is CC12CC(C(=O)Nc3cc4cc(N5CCN(C6(C)COCC6O)CC5)c(Cl)cc4cn3)(C1)C2. The minimum absolute atomic E-state index is 0.106. The van der Waals surface area contributed by atoms with Gasteiger partial charge in [0.15, 0.2) is 0 Å². The molecule has 0 radical (unpaired) electrons. The number of hydrogen-bond donors (Lipinski definition) is 2. The molecule has 5 fully saturated rings. The maximum absolute atomic E-state index is 12.8. The molecule has 0 spiro atoms. The average Bonchev–Trinajstić information content (AvgIpc) is 3.10. The zero-order valence-corrected chi connectivity index (χ0v) is 20.0. The van der Waals surface area contributed by atoms with E-state index in [9.17, 15) is 9.90 Å². The smallest absolute Gasteiger partial charge is 0.231 e. The summed E-state index contributed by atoms with van der Waals surface area (Å²) in [5, 5.41) is 16.1. The number of pyridine rings is 1. The van der Waals surface area contributed by atoms with Crippen molar-refractivity contribution in [3.63, 3.8) is 0 Å². The number of aromatic nitrogens is 1. The Hall–Kier alpha value is -1.93. The highest BCUT2D eigenvalue weighted by Gasteiger charge is 2.68. The van der Waals surface area contributed by atoms with Gasteiger partial charge in [0, 0.05) is 37.8 Å². The Bertz CT molecular complexity index is 1110. The zero-order chi connectivity index (χ0) is 23.0. The fourth-order valence-corrected chi connectivity index (χ4v) is 6.95. The Morgan fingerprint density at radius 3 is 2.52 bits per heavy atom. The summed E-state index contributed by atoms with van der Waals surface area (Å²) in [7, 11) is 0. The Labute approximate surface area is 199 Å². The normalized spacial score (nSPS) is 35.9. The van der Waals surface area contributed by atoms with Crippen molar-refractivity contribution in [1.29, 1.82) is 0 Å². The number of halogens is 1. The molecule has 2 saturated heterocycles. The summed E-state index contributed by atoms with van der Waals surface area (Å²) in [4.78, 5) is 21.9. The predicted octanol–water partition coefficient (Wildman–Crippen LogP) is 3.29. The van der Waals surface area contributed by atoms with Gasteiger partial charge in [0.1, 0.15) is 5.82 Å². The second kappa shape index (κ2) is 7.28. The quantitative estimate of drug-likeness (QED) is 0.714. The maximum Gasteiger partial charge on any atom is 0.231 e. The molecule has 3 saturated carbocycles. The molecule has 2 bridgehead atoms. The second-order valence-electron chi connectivity index (χ2n) is 11.2. The number of amides is 1. The van der Waals surface area contributed by atoms with Crippen molar-refractivity contribution in [2.75, 3.05) is 49.6 Å². The lowest BCUT2D eigenvalue weighted by atomic mass is 9.35. The highest BCUT2D eigenvalue weighted by Crippen LogP contribution is 2.73. The number of carbonyl (C=O) groups is 1. The maximum atomic E-state index is 12.8. The van der Waals surface area contributed by atoms with Gasteiger partial charge in [0.2, 0.25) is 5.91 Å². The molecular weight excluding hydrogens is 440 g/mol. The third-order valence-corrected chi connectivity index (χ3v) is 8.84. The van der Waals surface area contributed by atoms with E-state index in [1.807, 2.05) is 12.1 Å². The van der Waals surface area contributed by atoms with Gasteiger partial charge in [0.05, 0.1) is 41.0 Å². The molecule has 2 unspecified atom stereocenters. The number of fused-ring (bicyclic) bond motifs is 1. The van der Waals surface area contributed by atoms with Gasteiger partial charge in [0.25, 0.3) is 0 Å². The van der Waals surface area contributed by atoms with Gasteiger partial charge in [-0.1, -0.05) is 18.5 Å². The van der Waals surface area contributed by atoms with Crippen LogP contribution in [0.1, 0.15) is 33.1 Å². The van der Waals surface area contributed by atoms with E-state index < -0.39 is 6.10 Å². The highest BCUT2D eigenvalue weighted by atomic mass is 35.5. The van der Waals surface area contributed by atoms with E-state index in [-0.39, 0.29) is 16.9 Å². The van der Waals surface area contributed by atoms with Crippen LogP contribution in [0.25, 0.3) is 10.8 Å². The second-order valence-corrected chi connectivity index (χ2v) is 11.6. The van der Waals surface area contributed by atoms with Gasteiger partial charge in [-0.25, -0.2) is 4.98 Å². The van der Waals surface area contributed by atoms with Gasteiger partial charge < -0.3 is 20.1 Å². The van der Waals surface area contributed by atoms with Gasteiger partial charge in [-0.2, -0.15) is 0 Å². The monoisotopic (exact) mass is 470 g/mol. The molecule has 2 aliphatic heterocycles. The lowest BCUT2D eigenvalue weighted by Gasteiger charge is -2.68. The Morgan fingerprint density at radius 1 is 1.15 bits per heavy atom. The third kappa shape index (κ3) is 3.35. The highest BCUT2D eigenvalue weighted by molar-refractivity contribution is 6.34. The van der Waals surface area contributed by atoms with E-state index in [0.717, 1.165) is 61.9 Å². The van der Waals surface area contributed by atoms with E-state index in [1.54, 1.807) is 6.20 Å². The molecule has 7 nitrogen and oxygen atoms in total. The van der Waals surface area contributed by atoms with E-state index >= 15 is 0 Å². The standard InChI is InChI=1S/C25H31ClN4O3/c1-23-12-25(13-23,14-23)22(32)28-21-9-16-8-19(18(26)7-17(16)10-27-21)29-3-5-30(6-4-29)24(2)15-33-11-20(24)31/h7-10,20,31H,3-6,11-15H2,1-2H3,(H,27,28,32). The predicted molar refractivity (Wildman–Crippen MR) is 129 cm³/mol. The summed E-state index contributed by atoms with van der Waals surface area (Å²) in [6.45, 7) is 8.62. The number of ether oxygens (including phenoxy) is 1. The lowest BCUT2D eigenvalue weighted by molar-refractivity contribution is -0.194. The molecule has 8 heteroatoms. The molecule has 1 aromatic carbocycles. The molecule has 1 aromatic heterocycles. The molecule has 176 valence electrons. The number of aliphatic hydroxyl groups is 1. The van der Waals surface area contributed by atoms with Crippen LogP contribution < -0.4 is 10.2 Å². The van der Waals surface area contributed by atoms with Crippen molar-refractivity contribution in [2.24, 2.45) is 10.8 Å². The minimum atomic E-state index is -0.456. The van der Waals surface area contributed by atoms with Crippen LogP contribution in [0.15, 0.2) is 24.4 Å². The van der Waals surface area contributed by atoms with Crippen LogP contribution in [0.3, 0.4) is 0 Å². The molecule has 33 heavy (non-hydrogen) atoms. The summed E-state index contributed by atoms with van der Waals surface area (Å²) in [6.07, 6.45) is 4.31. The Morgan fingerprint density at radius 2 is 1.88 bits per heavy atom. The molecule has 5 aliphatic rings. The number of nitrogens with zero attached hydrogens (tertiary/aromatic N) is 3. The van der Waals surface area contributed by atoms with Crippen LogP contribution in [0.2, 0.25) is 5.02 Å². The first-order valence-electron chi connectivity index (χ1n) is 11.9. The molecule has 2 aromatic rings. The van der Waals surface area contributed by atoms with Crippen LogP contribution in [0, 0.1) is 10.8 Å². The fraction of sp³-hybridized carbons (Fsp3) is 0.600. The van der Waals surface area contributed by atoms with Crippen LogP contribution in [0.5, 0.6) is 0 Å². The number of nitrogens with one attached hydrogen (secondary N) is 1. The number of anilines is 2. The van der Waals surface area contributed by atoms with E-state index in [0.29, 0.717) is 29.5 Å². The average molecular weight is 471 g/mol. The molecule has 3 aliphatic carbocycles. The number of aliphatic hydroxyl groups excluding tert-OH is 1. The number of hydrogen-bond acceptors (Lipinski definition) is 6. The van der Waals surface area contributed by atoms with Crippen LogP contribution in [0.4, 0.5) is 11.5 Å². The van der Waals surface area contributed by atoms with Crippen molar-refractivity contribution in [1.82, 2.24) is 9.88 Å². The first-order valence-corrected chi connectivity index (χ1v) is 12.2. The molecule has 2 atom stereocenters. The summed E-state index contributed by atoms with van der Waals surface area (Å²) in [5.74, 6) is 0.707. The first-order chi connectivity index (χ1) is 15.7. The summed E-state index contributed by atoms with van der Waals surface area (Å²) in [6, 6.07) is 6.00. The third-order valence-electron chi connectivity index (χ3n) is 8.54. The van der Waals surface area contributed by atoms with E-state index in [4.69, 9.17) is 16.3 Å². The Balaban J connectivity index is 1.18. The van der Waals surface area contributed by atoms with Gasteiger partial charge >= 0.3 is 0 Å². The number of carbonyl (C=O) groups excluding carboxylic acids is 1. The number of piperazine rings is 1. The molecule has 7 rings (SSSR count). The van der Waals surface area contributed by atoms with Crippen molar-refractivity contribution < 1.29 is 14.6 Å². The zero-order valence-electron chi connectivity index (χ0n) is 19.2. The first kappa shape index (κ1) is 21.6. The van der Waals surface area contributed by atoms with Gasteiger partial charge in [-0.3, -0.25) is 9.69 Å². The number of rotatable bonds is 4. The molecule has 1 amide bonds. The lowest BCUT2D eigenvalue weighted by Crippen LogP contribution is -2.65. The van der Waals surface area contributed by atoms with Crippen molar-refractivity contribution in [3.05, 3.63) is 29.4 Å². The van der Waals surface area contributed by atoms with Crippen LogP contribution in [-0.4, -0.2) is 71.9 Å². The van der Waals surface area contributed by atoms with Crippen LogP contribution in [-0.2, 0) is 9.53 Å². The Kier molecular flexibility index (Phi) is 4.77. The fourth-order valence-electron chi connectivity index (χ4n) is 6.66. The topological polar surface area (TPSA) is 77.9 Å². The van der Waals surface area contributed by atoms with Gasteiger partial charge in [-0.05, 0) is 55.2 Å². The summed E-state index contributed by atoms with van der Waals surface area (Å²) >= 11 is 6.67. The number of benzene rings is 1. The summed E-state index contributed by atoms with van der Waals surface area (Å²) < 4.78 is 5.52. The van der Waals surface area contributed by atoms with Crippen LogP contribution >= 0.6 is 11.6 Å². The van der Waals surface area contributed by atoms with E-state index in [2.05, 4.69) is 40.0 Å². The summed E-state index contributed by atoms with van der Waals surface area (Å²) in [5.41, 5.74) is 0.901. The van der Waals surface area contributed by atoms with E-state index in [1.165, 1.54) is 0 Å². The van der Waals surface area contributed by atoms with Gasteiger partial charge in [-0.15, -0.1) is 0 Å². The largest absolute Gasteiger partial charge is 0.389 e. The van der Waals surface area contributed by atoms with Crippen molar-refractivity contribution in [3.8, 4) is 0 Å². The molecular formula is C25H31ClN4O3. The molecule has 3 heterocycles. The molecule has 2 N–H and O–H groups in total. The van der Waals surface area contributed by atoms with Crippen molar-refractivity contribution in [2.45, 2.75) is 44.8 Å². The van der Waals surface area contributed by atoms with Crippen molar-refractivity contribution >= 4 is 39.8 Å². The minimum Gasteiger partial charge on any atom is -0.389 e.